The Balaban J connectivity index is 1.47. The molecule has 0 atom stereocenters. The summed E-state index contributed by atoms with van der Waals surface area (Å²) >= 11 is 1.64. The molecule has 5 rings (SSSR count). The van der Waals surface area contributed by atoms with Crippen molar-refractivity contribution < 1.29 is 4.42 Å². The fourth-order valence-electron chi connectivity index (χ4n) is 3.45. The molecule has 0 aliphatic heterocycles. The van der Waals surface area contributed by atoms with Crippen molar-refractivity contribution in [2.75, 3.05) is 0 Å². The van der Waals surface area contributed by atoms with Crippen LogP contribution in [0.2, 0.25) is 0 Å². The average Bonchev–Trinajstić information content (AvgIpc) is 3.43. The maximum absolute atomic E-state index is 5.60. The summed E-state index contributed by atoms with van der Waals surface area (Å²) < 4.78 is 7.71. The highest BCUT2D eigenvalue weighted by molar-refractivity contribution is 7.98. The Morgan fingerprint density at radius 3 is 2.63 bits per heavy atom. The maximum Gasteiger partial charge on any atom is 0.192 e. The summed E-state index contributed by atoms with van der Waals surface area (Å²) in [6.45, 7) is 2.67. The lowest BCUT2D eigenvalue weighted by Gasteiger charge is -2.10. The second-order valence-corrected chi connectivity index (χ2v) is 8.01. The third-order valence-corrected chi connectivity index (χ3v) is 6.00. The number of pyridine rings is 1. The summed E-state index contributed by atoms with van der Waals surface area (Å²) in [5.74, 6) is 2.43. The van der Waals surface area contributed by atoms with Crippen LogP contribution in [-0.2, 0) is 12.3 Å². The minimum Gasteiger partial charge on any atom is -0.467 e. The van der Waals surface area contributed by atoms with Gasteiger partial charge in [0.15, 0.2) is 11.0 Å². The van der Waals surface area contributed by atoms with Crippen LogP contribution in [0.4, 0.5) is 0 Å². The van der Waals surface area contributed by atoms with Gasteiger partial charge in [-0.15, -0.1) is 10.2 Å². The maximum atomic E-state index is 5.60. The Labute approximate surface area is 178 Å². The number of fused-ring (bicyclic) bond motifs is 1. The second-order valence-electron chi connectivity index (χ2n) is 7.07. The molecule has 0 bridgehead atoms. The highest BCUT2D eigenvalue weighted by Gasteiger charge is 2.17. The van der Waals surface area contributed by atoms with Crippen molar-refractivity contribution in [3.8, 4) is 11.4 Å². The number of rotatable bonds is 6. The molecule has 0 saturated carbocycles. The van der Waals surface area contributed by atoms with E-state index in [1.807, 2.05) is 42.5 Å². The van der Waals surface area contributed by atoms with Gasteiger partial charge in [0.25, 0.3) is 0 Å². The third-order valence-electron chi connectivity index (χ3n) is 5.00. The van der Waals surface area contributed by atoms with E-state index in [4.69, 9.17) is 9.40 Å². The van der Waals surface area contributed by atoms with Gasteiger partial charge in [-0.1, -0.05) is 60.3 Å². The van der Waals surface area contributed by atoms with Gasteiger partial charge in [0.05, 0.1) is 24.0 Å². The quantitative estimate of drug-likeness (QED) is 0.333. The Morgan fingerprint density at radius 1 is 0.900 bits per heavy atom. The van der Waals surface area contributed by atoms with Gasteiger partial charge in [-0.2, -0.15) is 0 Å². The topological polar surface area (TPSA) is 56.7 Å². The van der Waals surface area contributed by atoms with E-state index >= 15 is 0 Å². The van der Waals surface area contributed by atoms with E-state index in [1.165, 1.54) is 5.56 Å². The number of nitrogens with zero attached hydrogens (tertiary/aromatic N) is 4. The predicted octanol–water partition coefficient (Wildman–Crippen LogP) is 5.74. The summed E-state index contributed by atoms with van der Waals surface area (Å²) in [4.78, 5) is 4.78. The molecule has 2 aromatic carbocycles. The molecule has 3 heterocycles. The van der Waals surface area contributed by atoms with Gasteiger partial charge in [0.1, 0.15) is 5.76 Å². The summed E-state index contributed by atoms with van der Waals surface area (Å²) in [7, 11) is 0. The number of benzene rings is 2. The molecule has 5 aromatic rings. The fraction of sp³-hybridized carbons (Fsp3) is 0.125. The van der Waals surface area contributed by atoms with Crippen LogP contribution in [0.3, 0.4) is 0 Å². The SMILES string of the molecule is Cc1ccccc1-c1nnc(SCc2ccc3ccccc3n2)n1Cc1ccco1. The van der Waals surface area contributed by atoms with Crippen molar-refractivity contribution >= 4 is 22.7 Å². The molecule has 3 aromatic heterocycles. The smallest absolute Gasteiger partial charge is 0.192 e. The lowest BCUT2D eigenvalue weighted by atomic mass is 10.1. The van der Waals surface area contributed by atoms with E-state index < -0.39 is 0 Å². The highest BCUT2D eigenvalue weighted by Crippen LogP contribution is 2.29. The number of aryl methyl sites for hydroxylation is 1. The molecule has 30 heavy (non-hydrogen) atoms. The van der Waals surface area contributed by atoms with Gasteiger partial charge in [-0.25, -0.2) is 0 Å². The van der Waals surface area contributed by atoms with Crippen LogP contribution >= 0.6 is 11.8 Å². The first-order valence-corrected chi connectivity index (χ1v) is 10.8. The Kier molecular flexibility index (Phi) is 5.07. The lowest BCUT2D eigenvalue weighted by molar-refractivity contribution is 0.485. The zero-order valence-corrected chi connectivity index (χ0v) is 17.3. The van der Waals surface area contributed by atoms with Crippen molar-refractivity contribution in [2.45, 2.75) is 24.4 Å². The first-order valence-electron chi connectivity index (χ1n) is 9.77. The van der Waals surface area contributed by atoms with E-state index in [-0.39, 0.29) is 0 Å². The van der Waals surface area contributed by atoms with E-state index in [2.05, 4.69) is 52.0 Å². The lowest BCUT2D eigenvalue weighted by Crippen LogP contribution is -2.04. The van der Waals surface area contributed by atoms with Gasteiger partial charge in [0.2, 0.25) is 0 Å². The summed E-state index contributed by atoms with van der Waals surface area (Å²) in [6.07, 6.45) is 1.69. The Hall–Kier alpha value is -3.38. The van der Waals surface area contributed by atoms with Gasteiger partial charge >= 0.3 is 0 Å². The predicted molar refractivity (Wildman–Crippen MR) is 119 cm³/mol. The zero-order chi connectivity index (χ0) is 20.3. The van der Waals surface area contributed by atoms with Gasteiger partial charge in [-0.3, -0.25) is 9.55 Å². The largest absolute Gasteiger partial charge is 0.467 e. The minimum atomic E-state index is 0.581. The van der Waals surface area contributed by atoms with Crippen LogP contribution < -0.4 is 0 Å². The average molecular weight is 413 g/mol. The normalized spacial score (nSPS) is 11.2. The molecule has 148 valence electrons. The van der Waals surface area contributed by atoms with E-state index in [1.54, 1.807) is 18.0 Å². The van der Waals surface area contributed by atoms with Crippen LogP contribution in [0.15, 0.2) is 88.6 Å². The highest BCUT2D eigenvalue weighted by atomic mass is 32.2. The molecule has 0 saturated heterocycles. The van der Waals surface area contributed by atoms with Gasteiger partial charge in [-0.05, 0) is 36.8 Å². The Morgan fingerprint density at radius 2 is 1.77 bits per heavy atom. The number of aromatic nitrogens is 4. The number of furan rings is 1. The molecule has 0 aliphatic carbocycles. The molecular weight excluding hydrogens is 392 g/mol. The van der Waals surface area contributed by atoms with Crippen LogP contribution in [0.1, 0.15) is 17.0 Å². The van der Waals surface area contributed by atoms with Crippen molar-refractivity contribution in [3.63, 3.8) is 0 Å². The molecule has 0 aliphatic rings. The molecular formula is C24H20N4OS. The van der Waals surface area contributed by atoms with Gasteiger partial charge < -0.3 is 4.42 Å². The summed E-state index contributed by atoms with van der Waals surface area (Å²) in [5.41, 5.74) is 4.27. The summed E-state index contributed by atoms with van der Waals surface area (Å²) in [6, 6.07) is 24.5. The minimum absolute atomic E-state index is 0.581. The van der Waals surface area contributed by atoms with Crippen LogP contribution in [0.25, 0.3) is 22.3 Å². The second kappa shape index (κ2) is 8.16. The first kappa shape index (κ1) is 18.6. The van der Waals surface area contributed by atoms with Crippen LogP contribution in [-0.4, -0.2) is 19.7 Å². The first-order chi connectivity index (χ1) is 14.8. The zero-order valence-electron chi connectivity index (χ0n) is 16.5. The summed E-state index contributed by atoms with van der Waals surface area (Å²) in [5, 5.41) is 11.0. The van der Waals surface area contributed by atoms with Crippen molar-refractivity contribution in [3.05, 3.63) is 96.1 Å². The van der Waals surface area contributed by atoms with E-state index in [9.17, 15) is 0 Å². The van der Waals surface area contributed by atoms with Crippen molar-refractivity contribution in [2.24, 2.45) is 0 Å². The number of para-hydroxylation sites is 1. The Bertz CT molecular complexity index is 1290. The number of hydrogen-bond donors (Lipinski definition) is 0. The molecule has 0 radical (unpaired) electrons. The van der Waals surface area contributed by atoms with E-state index in [0.717, 1.165) is 44.7 Å². The molecule has 0 amide bonds. The molecule has 6 heteroatoms. The standard InChI is InChI=1S/C24H20N4OS/c1-17-7-2-4-10-21(17)23-26-27-24(28(23)15-20-9-6-14-29-20)30-16-19-13-12-18-8-3-5-11-22(18)25-19/h2-14H,15-16H2,1H3. The third kappa shape index (κ3) is 3.74. The van der Waals surface area contributed by atoms with Crippen molar-refractivity contribution in [1.82, 2.24) is 19.7 Å². The molecule has 5 nitrogen and oxygen atoms in total. The fourth-order valence-corrected chi connectivity index (χ4v) is 4.29. The molecule has 0 unspecified atom stereocenters. The molecule has 0 N–H and O–H groups in total. The number of hydrogen-bond acceptors (Lipinski definition) is 5. The monoisotopic (exact) mass is 412 g/mol. The van der Waals surface area contributed by atoms with Crippen LogP contribution in [0.5, 0.6) is 0 Å². The van der Waals surface area contributed by atoms with Gasteiger partial charge in [0, 0.05) is 16.7 Å². The molecule has 0 fully saturated rings. The van der Waals surface area contributed by atoms with E-state index in [0.29, 0.717) is 6.54 Å². The van der Waals surface area contributed by atoms with Crippen LogP contribution in [0, 0.1) is 6.92 Å². The molecule has 0 spiro atoms. The number of thioether (sulfide) groups is 1. The van der Waals surface area contributed by atoms with Crippen molar-refractivity contribution in [1.29, 1.82) is 0 Å².